The van der Waals surface area contributed by atoms with Gasteiger partial charge in [0.2, 0.25) is 15.8 Å². The molecule has 1 aliphatic carbocycles. The highest BCUT2D eigenvalue weighted by molar-refractivity contribution is 7.89. The summed E-state index contributed by atoms with van der Waals surface area (Å²) in [6.07, 6.45) is 3.92. The van der Waals surface area contributed by atoms with Crippen LogP contribution >= 0.6 is 0 Å². The van der Waals surface area contributed by atoms with Crippen LogP contribution in [0.2, 0.25) is 0 Å². The van der Waals surface area contributed by atoms with E-state index >= 15 is 0 Å². The van der Waals surface area contributed by atoms with E-state index in [0.717, 1.165) is 29.6 Å². The number of furan rings is 1. The summed E-state index contributed by atoms with van der Waals surface area (Å²) < 4.78 is 37.8. The Bertz CT molecular complexity index is 813. The molecule has 3 unspecified atom stereocenters. The molecule has 1 aromatic rings. The molecule has 2 aliphatic rings. The summed E-state index contributed by atoms with van der Waals surface area (Å²) in [7, 11) is -2.94. The maximum Gasteiger partial charge on any atom is 0.373 e. The first-order chi connectivity index (χ1) is 12.3. The van der Waals surface area contributed by atoms with Crippen molar-refractivity contribution < 1.29 is 32.3 Å². The molecule has 1 aliphatic heterocycles. The van der Waals surface area contributed by atoms with E-state index in [4.69, 9.17) is 4.42 Å². The number of ether oxygens (including phenoxy) is 1. The first-order valence-electron chi connectivity index (χ1n) is 8.78. The SMILES string of the molecule is CCc1oc(C(=O)OC)cc1S(=O)(=O)N1C(C(=O)O)CC2CCCCC21. The number of esters is 1. The number of sulfonamides is 1. The molecule has 1 N–H and O–H groups in total. The summed E-state index contributed by atoms with van der Waals surface area (Å²) in [6.45, 7) is 1.71. The van der Waals surface area contributed by atoms with Crippen molar-refractivity contribution in [2.45, 2.75) is 62.4 Å². The number of carbonyl (C=O) groups excluding carboxylic acids is 1. The monoisotopic (exact) mass is 385 g/mol. The molecule has 0 radical (unpaired) electrons. The summed E-state index contributed by atoms with van der Waals surface area (Å²) in [5.41, 5.74) is 0. The van der Waals surface area contributed by atoms with Crippen LogP contribution in [0.15, 0.2) is 15.4 Å². The van der Waals surface area contributed by atoms with Crippen molar-refractivity contribution >= 4 is 22.0 Å². The molecule has 9 heteroatoms. The maximum absolute atomic E-state index is 13.4. The highest BCUT2D eigenvalue weighted by Gasteiger charge is 2.52. The summed E-state index contributed by atoms with van der Waals surface area (Å²) in [6, 6.07) is -0.264. The second-order valence-electron chi connectivity index (χ2n) is 6.78. The number of carboxylic acids is 1. The molecule has 26 heavy (non-hydrogen) atoms. The predicted octanol–water partition coefficient (Wildman–Crippen LogP) is 2.03. The number of methoxy groups -OCH3 is 1. The van der Waals surface area contributed by atoms with Gasteiger partial charge in [-0.1, -0.05) is 19.8 Å². The fourth-order valence-electron chi connectivity index (χ4n) is 4.17. The Hall–Kier alpha value is -1.87. The second-order valence-corrected chi connectivity index (χ2v) is 8.59. The molecule has 144 valence electrons. The van der Waals surface area contributed by atoms with Gasteiger partial charge in [0, 0.05) is 18.5 Å². The van der Waals surface area contributed by atoms with E-state index in [1.807, 2.05) is 0 Å². The van der Waals surface area contributed by atoms with Gasteiger partial charge in [0.1, 0.15) is 16.7 Å². The molecule has 1 aromatic heterocycles. The molecule has 0 aromatic carbocycles. The summed E-state index contributed by atoms with van der Waals surface area (Å²) in [5, 5.41) is 9.60. The van der Waals surface area contributed by atoms with Gasteiger partial charge in [-0.3, -0.25) is 4.79 Å². The molecule has 0 spiro atoms. The molecule has 0 amide bonds. The van der Waals surface area contributed by atoms with E-state index in [2.05, 4.69) is 4.74 Å². The Balaban J connectivity index is 2.07. The van der Waals surface area contributed by atoms with Crippen molar-refractivity contribution in [1.82, 2.24) is 4.31 Å². The van der Waals surface area contributed by atoms with Gasteiger partial charge < -0.3 is 14.3 Å². The minimum absolute atomic E-state index is 0.0525. The van der Waals surface area contributed by atoms with Gasteiger partial charge in [0.25, 0.3) is 0 Å². The maximum atomic E-state index is 13.4. The van der Waals surface area contributed by atoms with E-state index in [-0.39, 0.29) is 34.8 Å². The zero-order valence-corrected chi connectivity index (χ0v) is 15.6. The average Bonchev–Trinajstić information content (AvgIpc) is 3.23. The Morgan fingerprint density at radius 2 is 2.04 bits per heavy atom. The Morgan fingerprint density at radius 3 is 2.65 bits per heavy atom. The van der Waals surface area contributed by atoms with Gasteiger partial charge in [0.15, 0.2) is 0 Å². The minimum atomic E-state index is -4.12. The average molecular weight is 385 g/mol. The van der Waals surface area contributed by atoms with Crippen LogP contribution in [-0.4, -0.2) is 49.0 Å². The first-order valence-corrected chi connectivity index (χ1v) is 10.2. The van der Waals surface area contributed by atoms with E-state index < -0.39 is 28.0 Å². The third kappa shape index (κ3) is 3.03. The van der Waals surface area contributed by atoms with E-state index in [1.165, 1.54) is 7.11 Å². The molecular weight excluding hydrogens is 362 g/mol. The number of fused-ring (bicyclic) bond motifs is 1. The van der Waals surface area contributed by atoms with Crippen LogP contribution in [0, 0.1) is 5.92 Å². The summed E-state index contributed by atoms with van der Waals surface area (Å²) in [5.74, 6) is -1.93. The summed E-state index contributed by atoms with van der Waals surface area (Å²) in [4.78, 5) is 23.3. The number of carbonyl (C=O) groups is 2. The predicted molar refractivity (Wildman–Crippen MR) is 90.2 cm³/mol. The molecule has 3 atom stereocenters. The molecular formula is C17H23NO7S. The number of hydrogen-bond acceptors (Lipinski definition) is 6. The fraction of sp³-hybridized carbons (Fsp3) is 0.647. The van der Waals surface area contributed by atoms with Gasteiger partial charge in [-0.2, -0.15) is 4.31 Å². The standard InChI is InChI=1S/C17H23NO7S/c1-3-13-15(9-14(25-13)17(21)24-2)26(22,23)18-11-7-5-4-6-10(11)8-12(18)16(19)20/h9-12H,3-8H2,1-2H3,(H,19,20). The normalized spacial score (nSPS) is 26.5. The zero-order valence-electron chi connectivity index (χ0n) is 14.8. The number of hydrogen-bond donors (Lipinski definition) is 1. The van der Waals surface area contributed by atoms with Gasteiger partial charge in [-0.25, -0.2) is 13.2 Å². The van der Waals surface area contributed by atoms with Crippen molar-refractivity contribution in [1.29, 1.82) is 0 Å². The number of nitrogens with zero attached hydrogens (tertiary/aromatic N) is 1. The quantitative estimate of drug-likeness (QED) is 0.771. The van der Waals surface area contributed by atoms with Gasteiger partial charge in [0.05, 0.1) is 7.11 Å². The lowest BCUT2D eigenvalue weighted by atomic mass is 9.85. The van der Waals surface area contributed by atoms with Crippen LogP contribution in [0.5, 0.6) is 0 Å². The Kier molecular flexibility index (Phi) is 5.12. The smallest absolute Gasteiger partial charge is 0.373 e. The summed E-state index contributed by atoms with van der Waals surface area (Å²) >= 11 is 0. The van der Waals surface area contributed by atoms with Crippen LogP contribution in [-0.2, 0) is 26.0 Å². The fourth-order valence-corrected chi connectivity index (χ4v) is 6.27. The van der Waals surface area contributed by atoms with Crippen molar-refractivity contribution in [2.75, 3.05) is 7.11 Å². The second kappa shape index (κ2) is 7.03. The molecule has 0 bridgehead atoms. The number of rotatable bonds is 5. The van der Waals surface area contributed by atoms with E-state index in [0.29, 0.717) is 12.8 Å². The third-order valence-corrected chi connectivity index (χ3v) is 7.33. The number of aliphatic carboxylic acids is 1. The topological polar surface area (TPSA) is 114 Å². The van der Waals surface area contributed by atoms with Crippen molar-refractivity contribution in [2.24, 2.45) is 5.92 Å². The van der Waals surface area contributed by atoms with Crippen LogP contribution in [0.1, 0.15) is 55.3 Å². The van der Waals surface area contributed by atoms with Crippen LogP contribution in [0.4, 0.5) is 0 Å². The highest BCUT2D eigenvalue weighted by atomic mass is 32.2. The van der Waals surface area contributed by atoms with Crippen LogP contribution in [0.25, 0.3) is 0 Å². The molecule has 2 heterocycles. The zero-order chi connectivity index (χ0) is 19.1. The van der Waals surface area contributed by atoms with E-state index in [1.54, 1.807) is 6.92 Å². The van der Waals surface area contributed by atoms with Gasteiger partial charge in [-0.15, -0.1) is 0 Å². The van der Waals surface area contributed by atoms with Crippen molar-refractivity contribution in [3.05, 3.63) is 17.6 Å². The van der Waals surface area contributed by atoms with Crippen molar-refractivity contribution in [3.8, 4) is 0 Å². The van der Waals surface area contributed by atoms with Crippen LogP contribution < -0.4 is 0 Å². The van der Waals surface area contributed by atoms with Crippen LogP contribution in [0.3, 0.4) is 0 Å². The minimum Gasteiger partial charge on any atom is -0.480 e. The van der Waals surface area contributed by atoms with Crippen molar-refractivity contribution in [3.63, 3.8) is 0 Å². The molecule has 1 saturated carbocycles. The lowest BCUT2D eigenvalue weighted by molar-refractivity contribution is -0.141. The lowest BCUT2D eigenvalue weighted by Gasteiger charge is -2.31. The van der Waals surface area contributed by atoms with Gasteiger partial charge >= 0.3 is 11.9 Å². The Labute approximate surface area is 152 Å². The lowest BCUT2D eigenvalue weighted by Crippen LogP contribution is -2.46. The molecule has 2 fully saturated rings. The molecule has 3 rings (SSSR count). The van der Waals surface area contributed by atoms with Gasteiger partial charge in [-0.05, 0) is 25.2 Å². The number of carboxylic acid groups (broad SMARTS) is 1. The van der Waals surface area contributed by atoms with E-state index in [9.17, 15) is 23.1 Å². The largest absolute Gasteiger partial charge is 0.480 e. The molecule has 1 saturated heterocycles. The number of aryl methyl sites for hydroxylation is 1. The highest BCUT2D eigenvalue weighted by Crippen LogP contribution is 2.43. The first kappa shape index (κ1) is 18.9. The molecule has 8 nitrogen and oxygen atoms in total. The third-order valence-electron chi connectivity index (χ3n) is 5.35. The Morgan fingerprint density at radius 1 is 1.35 bits per heavy atom.